The van der Waals surface area contributed by atoms with Gasteiger partial charge in [0.15, 0.2) is 0 Å². The summed E-state index contributed by atoms with van der Waals surface area (Å²) in [5.74, 6) is -1.37. The van der Waals surface area contributed by atoms with E-state index in [1.807, 2.05) is 0 Å². The van der Waals surface area contributed by atoms with Gasteiger partial charge in [0.2, 0.25) is 0 Å². The van der Waals surface area contributed by atoms with Crippen LogP contribution < -0.4 is 0 Å². The van der Waals surface area contributed by atoms with Crippen molar-refractivity contribution in [1.29, 1.82) is 0 Å². The van der Waals surface area contributed by atoms with Gasteiger partial charge in [-0.25, -0.2) is 14.2 Å². The van der Waals surface area contributed by atoms with Crippen LogP contribution in [0.3, 0.4) is 0 Å². The summed E-state index contributed by atoms with van der Waals surface area (Å²) in [5.41, 5.74) is 0.445. The Bertz CT molecular complexity index is 610. The van der Waals surface area contributed by atoms with Gasteiger partial charge in [-0.3, -0.25) is 0 Å². The van der Waals surface area contributed by atoms with E-state index in [1.165, 1.54) is 30.6 Å². The summed E-state index contributed by atoms with van der Waals surface area (Å²) in [5, 5.41) is 10.0. The summed E-state index contributed by atoms with van der Waals surface area (Å²) in [6.07, 6.45) is 0.946. The lowest BCUT2D eigenvalue weighted by Crippen LogP contribution is -2.04. The number of hydrogen-bond donors (Lipinski definition) is 1. The highest BCUT2D eigenvalue weighted by Crippen LogP contribution is 2.29. The van der Waals surface area contributed by atoms with Crippen LogP contribution in [0.4, 0.5) is 4.39 Å². The van der Waals surface area contributed by atoms with Crippen LogP contribution in [-0.4, -0.2) is 23.2 Å². The minimum absolute atomic E-state index is 0.112. The van der Waals surface area contributed by atoms with Crippen molar-refractivity contribution < 1.29 is 19.0 Å². The van der Waals surface area contributed by atoms with Crippen LogP contribution in [0, 0.1) is 5.82 Å². The molecule has 0 aliphatic rings. The highest BCUT2D eigenvalue weighted by molar-refractivity contribution is 7.15. The number of carbonyl (C=O) groups excluding carboxylic acids is 1. The fourth-order valence-electron chi connectivity index (χ4n) is 1.54. The normalized spacial score (nSPS) is 12.2. The number of esters is 1. The molecule has 1 atom stereocenters. The van der Waals surface area contributed by atoms with Crippen molar-refractivity contribution in [2.24, 2.45) is 0 Å². The molecule has 19 heavy (non-hydrogen) atoms. The second-order valence-corrected chi connectivity index (χ2v) is 4.99. The van der Waals surface area contributed by atoms with Crippen LogP contribution in [-0.2, 0) is 4.74 Å². The number of aliphatic hydroxyl groups excluding tert-OH is 1. The molecule has 0 aliphatic heterocycles. The Balaban J connectivity index is 2.35. The molecular weight excluding hydrogens is 269 g/mol. The molecule has 0 radical (unpaired) electrons. The Morgan fingerprint density at radius 3 is 2.79 bits per heavy atom. The van der Waals surface area contributed by atoms with Gasteiger partial charge in [0, 0.05) is 11.8 Å². The van der Waals surface area contributed by atoms with E-state index in [0.717, 1.165) is 0 Å². The maximum atomic E-state index is 13.8. The van der Waals surface area contributed by atoms with E-state index in [0.29, 0.717) is 15.4 Å². The van der Waals surface area contributed by atoms with Crippen LogP contribution in [0.5, 0.6) is 0 Å². The lowest BCUT2D eigenvalue weighted by Gasteiger charge is -2.03. The van der Waals surface area contributed by atoms with Gasteiger partial charge in [-0.1, -0.05) is 6.07 Å². The fourth-order valence-corrected chi connectivity index (χ4v) is 2.39. The Morgan fingerprint density at radius 1 is 1.53 bits per heavy atom. The van der Waals surface area contributed by atoms with Crippen LogP contribution in [0.15, 0.2) is 24.4 Å². The molecule has 0 bridgehead atoms. The Labute approximate surface area is 113 Å². The standard InChI is InChI=1S/C13H12FNO3S/c1-7(16)11-6-15-12(19-11)8-3-4-9(10(14)5-8)13(17)18-2/h3-7,16H,1-2H3. The minimum atomic E-state index is -0.715. The van der Waals surface area contributed by atoms with E-state index in [-0.39, 0.29) is 5.56 Å². The molecule has 2 aromatic rings. The average Bonchev–Trinajstić information content (AvgIpc) is 2.87. The van der Waals surface area contributed by atoms with Gasteiger partial charge in [-0.2, -0.15) is 0 Å². The van der Waals surface area contributed by atoms with Crippen molar-refractivity contribution in [1.82, 2.24) is 4.98 Å². The molecule has 1 unspecified atom stereocenters. The average molecular weight is 281 g/mol. The molecule has 0 amide bonds. The monoisotopic (exact) mass is 281 g/mol. The zero-order valence-electron chi connectivity index (χ0n) is 10.4. The van der Waals surface area contributed by atoms with Crippen LogP contribution in [0.1, 0.15) is 28.3 Å². The summed E-state index contributed by atoms with van der Waals surface area (Å²) in [4.78, 5) is 16.1. The number of thiazole rings is 1. The number of aromatic nitrogens is 1. The zero-order chi connectivity index (χ0) is 14.0. The third kappa shape index (κ3) is 2.80. The van der Waals surface area contributed by atoms with Crippen molar-refractivity contribution in [2.45, 2.75) is 13.0 Å². The summed E-state index contributed by atoms with van der Waals surface area (Å²) in [7, 11) is 1.20. The predicted molar refractivity (Wildman–Crippen MR) is 69.5 cm³/mol. The van der Waals surface area contributed by atoms with Gasteiger partial charge in [-0.05, 0) is 19.1 Å². The maximum absolute atomic E-state index is 13.8. The molecule has 0 saturated heterocycles. The number of nitrogens with zero attached hydrogens (tertiary/aromatic N) is 1. The number of rotatable bonds is 3. The minimum Gasteiger partial charge on any atom is -0.465 e. The molecule has 0 saturated carbocycles. The molecular formula is C13H12FNO3S. The number of aliphatic hydroxyl groups is 1. The second kappa shape index (κ2) is 5.46. The van der Waals surface area contributed by atoms with Crippen molar-refractivity contribution in [3.63, 3.8) is 0 Å². The summed E-state index contributed by atoms with van der Waals surface area (Å²) < 4.78 is 18.2. The molecule has 2 rings (SSSR count). The molecule has 4 nitrogen and oxygen atoms in total. The maximum Gasteiger partial charge on any atom is 0.340 e. The molecule has 0 aliphatic carbocycles. The fraction of sp³-hybridized carbons (Fsp3) is 0.231. The van der Waals surface area contributed by atoms with Crippen LogP contribution in [0.2, 0.25) is 0 Å². The molecule has 0 spiro atoms. The van der Waals surface area contributed by atoms with Gasteiger partial charge in [0.25, 0.3) is 0 Å². The third-order valence-corrected chi connectivity index (χ3v) is 3.77. The van der Waals surface area contributed by atoms with Crippen LogP contribution >= 0.6 is 11.3 Å². The number of benzene rings is 1. The summed E-state index contributed by atoms with van der Waals surface area (Å²) >= 11 is 1.28. The number of ether oxygens (including phenoxy) is 1. The number of carbonyl (C=O) groups is 1. The molecule has 100 valence electrons. The molecule has 6 heteroatoms. The van der Waals surface area contributed by atoms with Crippen molar-refractivity contribution in [3.8, 4) is 10.6 Å². The molecule has 0 fully saturated rings. The lowest BCUT2D eigenvalue weighted by molar-refractivity contribution is 0.0595. The van der Waals surface area contributed by atoms with Gasteiger partial charge in [-0.15, -0.1) is 11.3 Å². The van der Waals surface area contributed by atoms with Gasteiger partial charge >= 0.3 is 5.97 Å². The molecule has 1 aromatic carbocycles. The Morgan fingerprint density at radius 2 is 2.26 bits per heavy atom. The second-order valence-electron chi connectivity index (χ2n) is 3.93. The first-order valence-electron chi connectivity index (χ1n) is 5.55. The SMILES string of the molecule is COC(=O)c1ccc(-c2ncc(C(C)O)s2)cc1F. The van der Waals surface area contributed by atoms with Crippen molar-refractivity contribution in [3.05, 3.63) is 40.7 Å². The predicted octanol–water partition coefficient (Wildman–Crippen LogP) is 2.79. The summed E-state index contributed by atoms with van der Waals surface area (Å²) in [6, 6.07) is 4.19. The van der Waals surface area contributed by atoms with E-state index in [4.69, 9.17) is 0 Å². The molecule has 1 aromatic heterocycles. The van der Waals surface area contributed by atoms with Crippen molar-refractivity contribution >= 4 is 17.3 Å². The van der Waals surface area contributed by atoms with Crippen molar-refractivity contribution in [2.75, 3.05) is 7.11 Å². The topological polar surface area (TPSA) is 59.4 Å². The Hall–Kier alpha value is -1.79. The van der Waals surface area contributed by atoms with Gasteiger partial charge in [0.05, 0.1) is 23.7 Å². The molecule has 1 N–H and O–H groups in total. The van der Waals surface area contributed by atoms with E-state index in [9.17, 15) is 14.3 Å². The Kier molecular flexibility index (Phi) is 3.92. The van der Waals surface area contributed by atoms with E-state index in [2.05, 4.69) is 9.72 Å². The first-order valence-corrected chi connectivity index (χ1v) is 6.36. The smallest absolute Gasteiger partial charge is 0.340 e. The highest BCUT2D eigenvalue weighted by atomic mass is 32.1. The largest absolute Gasteiger partial charge is 0.465 e. The van der Waals surface area contributed by atoms with E-state index in [1.54, 1.807) is 19.2 Å². The number of methoxy groups -OCH3 is 1. The quantitative estimate of drug-likeness (QED) is 0.879. The van der Waals surface area contributed by atoms with E-state index < -0.39 is 17.9 Å². The summed E-state index contributed by atoms with van der Waals surface area (Å²) in [6.45, 7) is 1.64. The number of halogens is 1. The van der Waals surface area contributed by atoms with Crippen LogP contribution in [0.25, 0.3) is 10.6 Å². The number of hydrogen-bond acceptors (Lipinski definition) is 5. The lowest BCUT2D eigenvalue weighted by atomic mass is 10.1. The van der Waals surface area contributed by atoms with Gasteiger partial charge in [0.1, 0.15) is 10.8 Å². The first kappa shape index (κ1) is 13.6. The first-order chi connectivity index (χ1) is 9.02. The highest BCUT2D eigenvalue weighted by Gasteiger charge is 2.15. The van der Waals surface area contributed by atoms with E-state index >= 15 is 0 Å². The van der Waals surface area contributed by atoms with Gasteiger partial charge < -0.3 is 9.84 Å². The third-order valence-electron chi connectivity index (χ3n) is 2.56. The zero-order valence-corrected chi connectivity index (χ0v) is 11.2. The molecule has 1 heterocycles.